The SMILES string of the molecule is CC(C)=CC=C(C=N)c1ccc(C)cc1. The normalized spacial score (nSPS) is 11.0. The molecule has 0 aromatic heterocycles. The average Bonchev–Trinajstić information content (AvgIpc) is 2.21. The lowest BCUT2D eigenvalue weighted by Crippen LogP contribution is -1.85. The summed E-state index contributed by atoms with van der Waals surface area (Å²) in [6, 6.07) is 8.22. The van der Waals surface area contributed by atoms with Crippen molar-refractivity contribution >= 4 is 11.8 Å². The Kier molecular flexibility index (Phi) is 4.04. The summed E-state index contributed by atoms with van der Waals surface area (Å²) in [5.74, 6) is 0. The van der Waals surface area contributed by atoms with Gasteiger partial charge >= 0.3 is 0 Å². The van der Waals surface area contributed by atoms with E-state index in [1.807, 2.05) is 38.1 Å². The Morgan fingerprint density at radius 2 is 1.67 bits per heavy atom. The van der Waals surface area contributed by atoms with Crippen molar-refractivity contribution in [3.63, 3.8) is 0 Å². The molecule has 0 radical (unpaired) electrons. The molecule has 0 aliphatic rings. The Balaban J connectivity index is 3.02. The maximum Gasteiger partial charge on any atom is 0.0256 e. The lowest BCUT2D eigenvalue weighted by molar-refractivity contribution is 1.39. The molecule has 0 bridgehead atoms. The molecule has 0 unspecified atom stereocenters. The van der Waals surface area contributed by atoms with Gasteiger partial charge in [-0.2, -0.15) is 0 Å². The van der Waals surface area contributed by atoms with Gasteiger partial charge < -0.3 is 5.41 Å². The first kappa shape index (κ1) is 11.4. The maximum absolute atomic E-state index is 7.37. The lowest BCUT2D eigenvalue weighted by Gasteiger charge is -2.01. The fourth-order valence-electron chi connectivity index (χ4n) is 1.23. The van der Waals surface area contributed by atoms with Gasteiger partial charge in [0.25, 0.3) is 0 Å². The first-order valence-corrected chi connectivity index (χ1v) is 5.06. The minimum atomic E-state index is 0.941. The van der Waals surface area contributed by atoms with Gasteiger partial charge in [0.2, 0.25) is 0 Å². The van der Waals surface area contributed by atoms with Crippen LogP contribution in [0.3, 0.4) is 0 Å². The Bertz CT molecular complexity index is 390. The summed E-state index contributed by atoms with van der Waals surface area (Å²) in [5, 5.41) is 7.37. The van der Waals surface area contributed by atoms with Crippen molar-refractivity contribution in [2.45, 2.75) is 20.8 Å². The van der Waals surface area contributed by atoms with E-state index in [4.69, 9.17) is 5.41 Å². The summed E-state index contributed by atoms with van der Waals surface area (Å²) >= 11 is 0. The second-order valence-corrected chi connectivity index (χ2v) is 3.88. The van der Waals surface area contributed by atoms with Gasteiger partial charge in [0.1, 0.15) is 0 Å². The van der Waals surface area contributed by atoms with Gasteiger partial charge in [-0.05, 0) is 31.9 Å². The molecule has 0 spiro atoms. The average molecular weight is 199 g/mol. The maximum atomic E-state index is 7.37. The second kappa shape index (κ2) is 5.30. The van der Waals surface area contributed by atoms with Gasteiger partial charge in [-0.15, -0.1) is 0 Å². The molecule has 1 rings (SSSR count). The molecule has 1 heteroatoms. The highest BCUT2D eigenvalue weighted by Crippen LogP contribution is 2.13. The summed E-state index contributed by atoms with van der Waals surface area (Å²) in [7, 11) is 0. The second-order valence-electron chi connectivity index (χ2n) is 3.88. The highest BCUT2D eigenvalue weighted by molar-refractivity contribution is 6.08. The van der Waals surface area contributed by atoms with Crippen molar-refractivity contribution in [2.24, 2.45) is 0 Å². The number of rotatable bonds is 3. The molecule has 15 heavy (non-hydrogen) atoms. The van der Waals surface area contributed by atoms with Crippen LogP contribution in [0.1, 0.15) is 25.0 Å². The molecular formula is C14H17N. The van der Waals surface area contributed by atoms with Gasteiger partial charge in [-0.1, -0.05) is 47.6 Å². The van der Waals surface area contributed by atoms with Crippen molar-refractivity contribution in [1.82, 2.24) is 0 Å². The van der Waals surface area contributed by atoms with Crippen LogP contribution in [0.15, 0.2) is 42.0 Å². The molecular weight excluding hydrogens is 182 g/mol. The highest BCUT2D eigenvalue weighted by atomic mass is 14.3. The number of hydrogen-bond acceptors (Lipinski definition) is 1. The van der Waals surface area contributed by atoms with Crippen LogP contribution in [0.25, 0.3) is 5.57 Å². The third-order valence-electron chi connectivity index (χ3n) is 2.14. The summed E-state index contributed by atoms with van der Waals surface area (Å²) in [5.41, 5.74) is 4.51. The van der Waals surface area contributed by atoms with Crippen molar-refractivity contribution < 1.29 is 0 Å². The zero-order valence-electron chi connectivity index (χ0n) is 9.54. The Morgan fingerprint density at radius 3 is 2.13 bits per heavy atom. The Hall–Kier alpha value is -1.63. The molecule has 1 nitrogen and oxygen atoms in total. The zero-order valence-corrected chi connectivity index (χ0v) is 9.54. The largest absolute Gasteiger partial charge is 0.308 e. The van der Waals surface area contributed by atoms with E-state index in [-0.39, 0.29) is 0 Å². The van der Waals surface area contributed by atoms with Crippen molar-refractivity contribution in [2.75, 3.05) is 0 Å². The topological polar surface area (TPSA) is 23.9 Å². The van der Waals surface area contributed by atoms with Crippen LogP contribution in [-0.4, -0.2) is 6.21 Å². The van der Waals surface area contributed by atoms with Crippen LogP contribution in [0.2, 0.25) is 0 Å². The number of aryl methyl sites for hydroxylation is 1. The van der Waals surface area contributed by atoms with Gasteiger partial charge in [0, 0.05) is 6.21 Å². The Morgan fingerprint density at radius 1 is 1.07 bits per heavy atom. The molecule has 0 saturated heterocycles. The van der Waals surface area contributed by atoms with E-state index in [9.17, 15) is 0 Å². The van der Waals surface area contributed by atoms with Crippen molar-refractivity contribution in [3.05, 3.63) is 53.1 Å². The van der Waals surface area contributed by atoms with Crippen molar-refractivity contribution in [1.29, 1.82) is 5.41 Å². The molecule has 0 aliphatic heterocycles. The predicted molar refractivity (Wildman–Crippen MR) is 67.4 cm³/mol. The monoisotopic (exact) mass is 199 g/mol. The van der Waals surface area contributed by atoms with E-state index in [0.717, 1.165) is 11.1 Å². The predicted octanol–water partition coefficient (Wildman–Crippen LogP) is 3.99. The fraction of sp³-hybridized carbons (Fsp3) is 0.214. The highest BCUT2D eigenvalue weighted by Gasteiger charge is 1.96. The van der Waals surface area contributed by atoms with Gasteiger partial charge in [0.05, 0.1) is 0 Å². The van der Waals surface area contributed by atoms with Crippen LogP contribution in [0.4, 0.5) is 0 Å². The van der Waals surface area contributed by atoms with Gasteiger partial charge in [-0.25, -0.2) is 0 Å². The van der Waals surface area contributed by atoms with Crippen LogP contribution < -0.4 is 0 Å². The van der Waals surface area contributed by atoms with E-state index in [1.165, 1.54) is 17.4 Å². The molecule has 0 saturated carbocycles. The standard InChI is InChI=1S/C14H17N/c1-11(2)4-7-14(10-15)13-8-5-12(3)6-9-13/h4-10,15H,1-3H3. The third-order valence-corrected chi connectivity index (χ3v) is 2.14. The first-order valence-electron chi connectivity index (χ1n) is 5.06. The quantitative estimate of drug-likeness (QED) is 0.562. The van der Waals surface area contributed by atoms with Gasteiger partial charge in [0.15, 0.2) is 0 Å². The van der Waals surface area contributed by atoms with E-state index in [0.29, 0.717) is 0 Å². The Labute approximate surface area is 91.7 Å². The summed E-state index contributed by atoms with van der Waals surface area (Å²) in [6.07, 6.45) is 5.40. The minimum Gasteiger partial charge on any atom is -0.308 e. The molecule has 1 N–H and O–H groups in total. The van der Waals surface area contributed by atoms with E-state index in [1.54, 1.807) is 0 Å². The van der Waals surface area contributed by atoms with Crippen LogP contribution >= 0.6 is 0 Å². The van der Waals surface area contributed by atoms with E-state index in [2.05, 4.69) is 19.1 Å². The summed E-state index contributed by atoms with van der Waals surface area (Å²) in [4.78, 5) is 0. The lowest BCUT2D eigenvalue weighted by atomic mass is 10.0. The van der Waals surface area contributed by atoms with E-state index >= 15 is 0 Å². The third kappa shape index (κ3) is 3.55. The smallest absolute Gasteiger partial charge is 0.0256 e. The van der Waals surface area contributed by atoms with E-state index < -0.39 is 0 Å². The molecule has 0 heterocycles. The molecule has 0 amide bonds. The minimum absolute atomic E-state index is 0.941. The number of hydrogen-bond donors (Lipinski definition) is 1. The van der Waals surface area contributed by atoms with Gasteiger partial charge in [-0.3, -0.25) is 0 Å². The summed E-state index contributed by atoms with van der Waals surface area (Å²) < 4.78 is 0. The number of nitrogens with one attached hydrogen (secondary N) is 1. The summed E-state index contributed by atoms with van der Waals surface area (Å²) in [6.45, 7) is 6.16. The van der Waals surface area contributed by atoms with Crippen LogP contribution in [-0.2, 0) is 0 Å². The zero-order chi connectivity index (χ0) is 11.3. The van der Waals surface area contributed by atoms with Crippen LogP contribution in [0, 0.1) is 12.3 Å². The number of allylic oxidation sites excluding steroid dienone is 4. The molecule has 0 atom stereocenters. The first-order chi connectivity index (χ1) is 7.13. The van der Waals surface area contributed by atoms with Crippen molar-refractivity contribution in [3.8, 4) is 0 Å². The molecule has 0 fully saturated rings. The fourth-order valence-corrected chi connectivity index (χ4v) is 1.23. The number of benzene rings is 1. The van der Waals surface area contributed by atoms with Crippen LogP contribution in [0.5, 0.6) is 0 Å². The molecule has 0 aliphatic carbocycles. The molecule has 1 aromatic rings. The molecule has 78 valence electrons. The molecule has 1 aromatic carbocycles.